The first-order valence-corrected chi connectivity index (χ1v) is 7.20. The number of hydrogen-bond acceptors (Lipinski definition) is 2. The first kappa shape index (κ1) is 19.4. The van der Waals surface area contributed by atoms with Crippen LogP contribution in [0, 0.1) is 5.82 Å². The average Bonchev–Trinajstić information content (AvgIpc) is 2.38. The normalized spacial score (nSPS) is 15.6. The van der Waals surface area contributed by atoms with Gasteiger partial charge in [0.25, 0.3) is 0 Å². The van der Waals surface area contributed by atoms with Gasteiger partial charge >= 0.3 is 0 Å². The molecular weight excluding hydrogens is 443 g/mol. The van der Waals surface area contributed by atoms with Crippen molar-refractivity contribution in [2.75, 3.05) is 43.0 Å². The average molecular weight is 463 g/mol. The molecule has 1 heterocycles. The number of anilines is 1. The second-order valence-electron chi connectivity index (χ2n) is 4.35. The van der Waals surface area contributed by atoms with Crippen LogP contribution in [0.2, 0.25) is 0 Å². The van der Waals surface area contributed by atoms with E-state index in [-0.39, 0.29) is 39.8 Å². The Hall–Kier alpha value is 0.350. The fourth-order valence-electron chi connectivity index (χ4n) is 2.16. The van der Waals surface area contributed by atoms with E-state index in [0.29, 0.717) is 0 Å². The zero-order valence-electron chi connectivity index (χ0n) is 10.7. The van der Waals surface area contributed by atoms with Gasteiger partial charge in [0, 0.05) is 37.2 Å². The highest BCUT2D eigenvalue weighted by Crippen LogP contribution is 2.16. The summed E-state index contributed by atoms with van der Waals surface area (Å²) in [6.07, 6.45) is 1.20. The lowest BCUT2D eigenvalue weighted by Crippen LogP contribution is -2.46. The van der Waals surface area contributed by atoms with Crippen molar-refractivity contribution in [2.24, 2.45) is 0 Å². The van der Waals surface area contributed by atoms with Crippen LogP contribution in [0.4, 0.5) is 10.1 Å². The molecule has 0 saturated carbocycles. The van der Waals surface area contributed by atoms with Crippen LogP contribution >= 0.6 is 49.9 Å². The summed E-state index contributed by atoms with van der Waals surface area (Å²) in [4.78, 5) is 4.81. The molecule has 1 aromatic rings. The maximum Gasteiger partial charge on any atom is 0.123 e. The van der Waals surface area contributed by atoms with E-state index in [1.54, 1.807) is 0 Å². The van der Waals surface area contributed by atoms with Crippen molar-refractivity contribution in [3.05, 3.63) is 30.1 Å². The lowest BCUT2D eigenvalue weighted by Gasteiger charge is -2.36. The van der Waals surface area contributed by atoms with Crippen LogP contribution in [0.15, 0.2) is 24.3 Å². The van der Waals surface area contributed by atoms with Crippen LogP contribution in [0.1, 0.15) is 6.42 Å². The zero-order valence-corrected chi connectivity index (χ0v) is 15.7. The van der Waals surface area contributed by atoms with Crippen molar-refractivity contribution in [2.45, 2.75) is 6.42 Å². The van der Waals surface area contributed by atoms with Gasteiger partial charge in [0.2, 0.25) is 0 Å². The second-order valence-corrected chi connectivity index (χ2v) is 5.14. The standard InChI is InChI=1S/C13H18BrFN2.2BrH/c14-6-1-7-16-8-10-17(11-9-16)13-4-2-12(15)3-5-13;;/h2-5H,1,6-11H2;2*1H. The van der Waals surface area contributed by atoms with Crippen molar-refractivity contribution in [3.8, 4) is 0 Å². The predicted molar refractivity (Wildman–Crippen MR) is 94.1 cm³/mol. The topological polar surface area (TPSA) is 6.48 Å². The smallest absolute Gasteiger partial charge is 0.123 e. The van der Waals surface area contributed by atoms with Gasteiger partial charge in [-0.1, -0.05) is 15.9 Å². The Balaban J connectivity index is 0.00000162. The maximum atomic E-state index is 12.8. The molecule has 110 valence electrons. The summed E-state index contributed by atoms with van der Waals surface area (Å²) >= 11 is 3.46. The molecule has 6 heteroatoms. The van der Waals surface area contributed by atoms with Gasteiger partial charge in [0.15, 0.2) is 0 Å². The molecule has 1 saturated heterocycles. The molecule has 0 amide bonds. The molecule has 1 aromatic carbocycles. The Morgan fingerprint density at radius 1 is 1.00 bits per heavy atom. The van der Waals surface area contributed by atoms with Gasteiger partial charge in [0.05, 0.1) is 0 Å². The molecule has 0 aromatic heterocycles. The quantitative estimate of drug-likeness (QED) is 0.626. The number of nitrogens with zero attached hydrogens (tertiary/aromatic N) is 2. The van der Waals surface area contributed by atoms with E-state index in [1.165, 1.54) is 25.1 Å². The van der Waals surface area contributed by atoms with Crippen molar-refractivity contribution < 1.29 is 4.39 Å². The molecule has 0 atom stereocenters. The number of benzene rings is 1. The molecule has 1 aliphatic rings. The summed E-state index contributed by atoms with van der Waals surface area (Å²) in [5.41, 5.74) is 1.13. The highest BCUT2D eigenvalue weighted by Gasteiger charge is 2.16. The lowest BCUT2D eigenvalue weighted by atomic mass is 10.2. The van der Waals surface area contributed by atoms with Crippen LogP contribution in [0.3, 0.4) is 0 Å². The maximum absolute atomic E-state index is 12.8. The fraction of sp³-hybridized carbons (Fsp3) is 0.538. The first-order chi connectivity index (χ1) is 8.29. The Morgan fingerprint density at radius 3 is 2.11 bits per heavy atom. The highest BCUT2D eigenvalue weighted by atomic mass is 79.9. The molecule has 0 aliphatic carbocycles. The van der Waals surface area contributed by atoms with E-state index in [0.717, 1.165) is 37.2 Å². The van der Waals surface area contributed by atoms with Gasteiger partial charge in [-0.2, -0.15) is 0 Å². The zero-order chi connectivity index (χ0) is 12.1. The van der Waals surface area contributed by atoms with Crippen LogP contribution < -0.4 is 4.90 Å². The summed E-state index contributed by atoms with van der Waals surface area (Å²) in [5.74, 6) is -0.162. The van der Waals surface area contributed by atoms with E-state index >= 15 is 0 Å². The van der Waals surface area contributed by atoms with Gasteiger partial charge in [-0.25, -0.2) is 4.39 Å². The molecule has 19 heavy (non-hydrogen) atoms. The summed E-state index contributed by atoms with van der Waals surface area (Å²) in [6, 6.07) is 6.80. The van der Waals surface area contributed by atoms with Gasteiger partial charge in [-0.05, 0) is 37.2 Å². The van der Waals surface area contributed by atoms with Crippen LogP contribution in [0.5, 0.6) is 0 Å². The van der Waals surface area contributed by atoms with Gasteiger partial charge in [0.1, 0.15) is 5.82 Å². The molecule has 2 rings (SSSR count). The number of rotatable bonds is 4. The van der Waals surface area contributed by atoms with Crippen molar-refractivity contribution in [1.82, 2.24) is 4.90 Å². The molecule has 1 aliphatic heterocycles. The van der Waals surface area contributed by atoms with Crippen molar-refractivity contribution in [1.29, 1.82) is 0 Å². The molecule has 0 bridgehead atoms. The molecule has 1 fully saturated rings. The minimum atomic E-state index is -0.162. The van der Waals surface area contributed by atoms with E-state index in [9.17, 15) is 4.39 Å². The molecule has 0 radical (unpaired) electrons. The fourth-order valence-corrected chi connectivity index (χ4v) is 2.42. The summed E-state index contributed by atoms with van der Waals surface area (Å²) in [5, 5.41) is 1.07. The third-order valence-electron chi connectivity index (χ3n) is 3.17. The minimum absolute atomic E-state index is 0. The molecule has 2 nitrogen and oxygen atoms in total. The van der Waals surface area contributed by atoms with E-state index < -0.39 is 0 Å². The monoisotopic (exact) mass is 460 g/mol. The largest absolute Gasteiger partial charge is 0.369 e. The Bertz CT molecular complexity index is 340. The third kappa shape index (κ3) is 6.10. The Morgan fingerprint density at radius 2 is 1.58 bits per heavy atom. The van der Waals surface area contributed by atoms with Gasteiger partial charge in [-0.3, -0.25) is 4.90 Å². The molecule has 0 spiro atoms. The number of hydrogen-bond donors (Lipinski definition) is 0. The lowest BCUT2D eigenvalue weighted by molar-refractivity contribution is 0.259. The third-order valence-corrected chi connectivity index (χ3v) is 3.73. The van der Waals surface area contributed by atoms with E-state index in [2.05, 4.69) is 25.7 Å². The molecule has 0 unspecified atom stereocenters. The molecule has 0 N–H and O–H groups in total. The summed E-state index contributed by atoms with van der Waals surface area (Å²) in [7, 11) is 0. The Kier molecular flexibility index (Phi) is 10.3. The van der Waals surface area contributed by atoms with Gasteiger partial charge in [-0.15, -0.1) is 34.0 Å². The van der Waals surface area contributed by atoms with Crippen molar-refractivity contribution in [3.63, 3.8) is 0 Å². The molecular formula is C13H20Br3FN2. The predicted octanol–water partition coefficient (Wildman–Crippen LogP) is 3.89. The van der Waals surface area contributed by atoms with Crippen LogP contribution in [-0.4, -0.2) is 43.0 Å². The summed E-state index contributed by atoms with van der Waals surface area (Å²) < 4.78 is 12.8. The van der Waals surface area contributed by atoms with E-state index in [4.69, 9.17) is 0 Å². The first-order valence-electron chi connectivity index (χ1n) is 6.08. The van der Waals surface area contributed by atoms with Crippen LogP contribution in [-0.2, 0) is 0 Å². The number of alkyl halides is 1. The number of piperazine rings is 1. The summed E-state index contributed by atoms with van der Waals surface area (Å²) in [6.45, 7) is 5.44. The SMILES string of the molecule is Br.Br.Fc1ccc(N2CCN(CCCBr)CC2)cc1. The van der Waals surface area contributed by atoms with Crippen LogP contribution in [0.25, 0.3) is 0 Å². The number of halogens is 4. The van der Waals surface area contributed by atoms with E-state index in [1.807, 2.05) is 12.1 Å². The van der Waals surface area contributed by atoms with Crippen molar-refractivity contribution >= 4 is 55.6 Å². The van der Waals surface area contributed by atoms with Gasteiger partial charge < -0.3 is 4.90 Å². The Labute approximate surface area is 144 Å². The highest BCUT2D eigenvalue weighted by molar-refractivity contribution is 9.09. The second kappa shape index (κ2) is 10.1. The minimum Gasteiger partial charge on any atom is -0.369 e.